The second kappa shape index (κ2) is 14.5. The molecule has 1 unspecified atom stereocenters. The Labute approximate surface area is 222 Å². The first kappa shape index (κ1) is 32.3. The number of amides is 1. The fourth-order valence-electron chi connectivity index (χ4n) is 3.95. The maximum atomic E-state index is 12.6. The van der Waals surface area contributed by atoms with Gasteiger partial charge in [-0.05, 0) is 0 Å². The van der Waals surface area contributed by atoms with E-state index >= 15 is 0 Å². The van der Waals surface area contributed by atoms with Crippen molar-refractivity contribution in [1.29, 1.82) is 0 Å². The van der Waals surface area contributed by atoms with Crippen molar-refractivity contribution in [2.24, 2.45) is 0 Å². The van der Waals surface area contributed by atoms with Crippen LogP contribution in [0.5, 0.6) is 0 Å². The molecule has 0 radical (unpaired) electrons. The van der Waals surface area contributed by atoms with E-state index in [1.807, 2.05) is 0 Å². The average molecular weight is 567 g/mol. The Morgan fingerprint density at radius 3 is 1.95 bits per heavy atom. The number of aliphatic hydroxyl groups excluding tert-OH is 3. The molecule has 2 aliphatic rings. The topological polar surface area (TPSA) is 232 Å². The van der Waals surface area contributed by atoms with E-state index in [1.165, 1.54) is 7.11 Å². The third-order valence-electron chi connectivity index (χ3n) is 5.48. The van der Waals surface area contributed by atoms with Gasteiger partial charge in [-0.1, -0.05) is 0 Å². The Morgan fingerprint density at radius 2 is 1.41 bits per heavy atom. The largest absolute Gasteiger partial charge is 0.463 e. The number of carbonyl (C=O) groups is 5. The highest BCUT2D eigenvalue weighted by atomic mass is 16.7. The molecule has 0 spiro atoms. The van der Waals surface area contributed by atoms with Crippen LogP contribution < -0.4 is 5.32 Å². The molecule has 10 atom stereocenters. The zero-order valence-electron chi connectivity index (χ0n) is 21.8. The minimum absolute atomic E-state index is 0.530. The molecule has 17 nitrogen and oxygen atoms in total. The maximum absolute atomic E-state index is 12.6. The predicted molar refractivity (Wildman–Crippen MR) is 120 cm³/mol. The number of aliphatic hydroxyl groups is 3. The summed E-state index contributed by atoms with van der Waals surface area (Å²) >= 11 is 0. The minimum atomic E-state index is -2.02. The lowest BCUT2D eigenvalue weighted by molar-refractivity contribution is -0.337. The fourth-order valence-corrected chi connectivity index (χ4v) is 3.95. The summed E-state index contributed by atoms with van der Waals surface area (Å²) in [5.41, 5.74) is 0. The van der Waals surface area contributed by atoms with E-state index in [0.717, 1.165) is 27.7 Å². The highest BCUT2D eigenvalue weighted by molar-refractivity contribution is 5.76. The monoisotopic (exact) mass is 567 g/mol. The van der Waals surface area contributed by atoms with Crippen LogP contribution in [0.4, 0.5) is 0 Å². The van der Waals surface area contributed by atoms with Crippen LogP contribution >= 0.6 is 0 Å². The van der Waals surface area contributed by atoms with Crippen molar-refractivity contribution in [3.8, 4) is 0 Å². The van der Waals surface area contributed by atoms with Gasteiger partial charge in [0.25, 0.3) is 0 Å². The molecule has 2 heterocycles. The van der Waals surface area contributed by atoms with Gasteiger partial charge in [-0.15, -0.1) is 0 Å². The Kier molecular flexibility index (Phi) is 12.0. The first-order valence-corrected chi connectivity index (χ1v) is 11.7. The van der Waals surface area contributed by atoms with E-state index in [4.69, 9.17) is 33.2 Å². The molecule has 2 rings (SSSR count). The summed E-state index contributed by atoms with van der Waals surface area (Å²) in [6, 6.07) is -1.45. The SMILES string of the molecule is COCOC(=O)[C@H]1OC(O)[C@H](O)[C@@H](O)[C@@H]1O[C@@H]1O[C@H](COC(C)=O)[C@H](OC(C)=O)[C@H](OC(C)=O)[C@H]1NC(C)=O. The van der Waals surface area contributed by atoms with Crippen LogP contribution in [0.3, 0.4) is 0 Å². The molecular weight excluding hydrogens is 534 g/mol. The van der Waals surface area contributed by atoms with Gasteiger partial charge in [0.15, 0.2) is 37.7 Å². The summed E-state index contributed by atoms with van der Waals surface area (Å²) < 4.78 is 41.8. The smallest absolute Gasteiger partial charge is 0.340 e. The summed E-state index contributed by atoms with van der Waals surface area (Å²) in [4.78, 5) is 60.0. The second-order valence-corrected chi connectivity index (χ2v) is 8.62. The van der Waals surface area contributed by atoms with Crippen molar-refractivity contribution in [3.63, 3.8) is 0 Å². The lowest BCUT2D eigenvalue weighted by Crippen LogP contribution is -2.69. The van der Waals surface area contributed by atoms with Crippen LogP contribution in [0.15, 0.2) is 0 Å². The number of hydrogen-bond donors (Lipinski definition) is 4. The lowest BCUT2D eigenvalue weighted by Gasteiger charge is -2.47. The second-order valence-electron chi connectivity index (χ2n) is 8.62. The van der Waals surface area contributed by atoms with Crippen molar-refractivity contribution in [1.82, 2.24) is 5.32 Å². The Balaban J connectivity index is 2.52. The minimum Gasteiger partial charge on any atom is -0.463 e. The zero-order valence-corrected chi connectivity index (χ0v) is 21.8. The van der Waals surface area contributed by atoms with Gasteiger partial charge in [-0.3, -0.25) is 19.2 Å². The summed E-state index contributed by atoms with van der Waals surface area (Å²) in [5.74, 6) is -4.27. The highest BCUT2D eigenvalue weighted by Crippen LogP contribution is 2.32. The van der Waals surface area contributed by atoms with Gasteiger partial charge >= 0.3 is 23.9 Å². The number of carbonyl (C=O) groups excluding carboxylic acids is 5. The molecule has 0 aromatic rings. The van der Waals surface area contributed by atoms with E-state index in [9.17, 15) is 39.3 Å². The number of hydrogen-bond acceptors (Lipinski definition) is 16. The quantitative estimate of drug-likeness (QED) is 0.114. The summed E-state index contributed by atoms with van der Waals surface area (Å²) in [7, 11) is 1.22. The number of methoxy groups -OCH3 is 1. The molecule has 2 fully saturated rings. The zero-order chi connectivity index (χ0) is 29.4. The molecule has 0 aliphatic carbocycles. The van der Waals surface area contributed by atoms with Crippen molar-refractivity contribution >= 4 is 29.8 Å². The first-order chi connectivity index (χ1) is 18.3. The number of rotatable bonds is 10. The van der Waals surface area contributed by atoms with Crippen molar-refractivity contribution in [2.75, 3.05) is 20.5 Å². The average Bonchev–Trinajstić information content (AvgIpc) is 2.83. The molecule has 222 valence electrons. The molecule has 1 amide bonds. The van der Waals surface area contributed by atoms with Gasteiger partial charge in [0.2, 0.25) is 5.91 Å². The summed E-state index contributed by atoms with van der Waals surface area (Å²) in [6.07, 6.45) is -15.6. The predicted octanol–water partition coefficient (Wildman–Crippen LogP) is -3.39. The van der Waals surface area contributed by atoms with Gasteiger partial charge in [0, 0.05) is 34.8 Å². The first-order valence-electron chi connectivity index (χ1n) is 11.7. The molecule has 39 heavy (non-hydrogen) atoms. The van der Waals surface area contributed by atoms with E-state index in [2.05, 4.69) is 10.1 Å². The standard InChI is InChI=1S/C22H33NO16/c1-8(24)23-13-17(36-11(4)27)16(35-10(3)26)12(6-33-9(2)25)37-22(13)39-18-14(28)15(29)20(30)38-19(18)21(31)34-7-32-5/h12-20,22,28-30H,6-7H2,1-5H3,(H,23,24)/t12-,13-,14-,15-,16+,17-,18+,19+,20?,22+/m1/s1. The molecule has 0 saturated carbocycles. The number of ether oxygens (including phenoxy) is 8. The third-order valence-corrected chi connectivity index (χ3v) is 5.48. The van der Waals surface area contributed by atoms with E-state index in [1.54, 1.807) is 0 Å². The van der Waals surface area contributed by atoms with Gasteiger partial charge in [-0.2, -0.15) is 0 Å². The molecule has 17 heteroatoms. The van der Waals surface area contributed by atoms with Gasteiger partial charge in [-0.25, -0.2) is 4.79 Å². The summed E-state index contributed by atoms with van der Waals surface area (Å²) in [6.45, 7) is 3.24. The maximum Gasteiger partial charge on any atom is 0.340 e. The van der Waals surface area contributed by atoms with E-state index in [0.29, 0.717) is 0 Å². The number of nitrogens with one attached hydrogen (secondary N) is 1. The summed E-state index contributed by atoms with van der Waals surface area (Å²) in [5, 5.41) is 33.2. The Bertz CT molecular complexity index is 897. The van der Waals surface area contributed by atoms with Crippen LogP contribution in [0.1, 0.15) is 27.7 Å². The van der Waals surface area contributed by atoms with E-state index in [-0.39, 0.29) is 0 Å². The Morgan fingerprint density at radius 1 is 0.795 bits per heavy atom. The van der Waals surface area contributed by atoms with Crippen molar-refractivity contribution in [3.05, 3.63) is 0 Å². The fraction of sp³-hybridized carbons (Fsp3) is 0.773. The van der Waals surface area contributed by atoms with Crippen LogP contribution in [-0.2, 0) is 61.9 Å². The van der Waals surface area contributed by atoms with Crippen LogP contribution in [0, 0.1) is 0 Å². The third kappa shape index (κ3) is 8.79. The molecule has 0 aromatic carbocycles. The molecule has 2 saturated heterocycles. The molecule has 0 aromatic heterocycles. The highest BCUT2D eigenvalue weighted by Gasteiger charge is 2.55. The van der Waals surface area contributed by atoms with Gasteiger partial charge < -0.3 is 58.5 Å². The number of esters is 4. The van der Waals surface area contributed by atoms with Gasteiger partial charge in [0.05, 0.1) is 0 Å². The Hall–Kier alpha value is -2.93. The molecule has 4 N–H and O–H groups in total. The molecular formula is C22H33NO16. The van der Waals surface area contributed by atoms with Crippen molar-refractivity contribution < 1.29 is 77.2 Å². The van der Waals surface area contributed by atoms with Crippen molar-refractivity contribution in [2.45, 2.75) is 89.0 Å². The lowest BCUT2D eigenvalue weighted by atomic mass is 9.94. The molecule has 2 aliphatic heterocycles. The van der Waals surface area contributed by atoms with Crippen LogP contribution in [0.2, 0.25) is 0 Å². The van der Waals surface area contributed by atoms with Crippen LogP contribution in [0.25, 0.3) is 0 Å². The normalized spacial score (nSPS) is 34.4. The molecule has 0 bridgehead atoms. The van der Waals surface area contributed by atoms with Crippen LogP contribution in [-0.4, -0.2) is 127 Å². The van der Waals surface area contributed by atoms with Gasteiger partial charge in [0.1, 0.15) is 37.1 Å². The van der Waals surface area contributed by atoms with E-state index < -0.39 is 105 Å².